The van der Waals surface area contributed by atoms with Gasteiger partial charge in [0.1, 0.15) is 0 Å². The monoisotopic (exact) mass is 290 g/mol. The van der Waals surface area contributed by atoms with Crippen LogP contribution in [-0.2, 0) is 0 Å². The second kappa shape index (κ2) is 5.31. The third-order valence-electron chi connectivity index (χ3n) is 3.61. The van der Waals surface area contributed by atoms with Gasteiger partial charge in [-0.15, -0.1) is 0 Å². The third kappa shape index (κ3) is 2.21. The number of furan rings is 1. The number of halogens is 1. The number of nitrogens with zero attached hydrogens (tertiary/aromatic N) is 1. The van der Waals surface area contributed by atoms with E-state index in [0.717, 1.165) is 12.1 Å². The maximum atomic E-state index is 12.5. The molecule has 4 nitrogen and oxygen atoms in total. The molecule has 1 aliphatic heterocycles. The number of fused-ring (bicyclic) bond motifs is 1. The summed E-state index contributed by atoms with van der Waals surface area (Å²) in [5.41, 5.74) is 7.77. The van der Waals surface area contributed by atoms with Crippen molar-refractivity contribution in [2.45, 2.75) is 12.3 Å². The second-order valence-corrected chi connectivity index (χ2v) is 5.23. The van der Waals surface area contributed by atoms with Crippen molar-refractivity contribution >= 4 is 23.2 Å². The number of amides is 1. The highest BCUT2D eigenvalue weighted by Crippen LogP contribution is 2.38. The molecule has 1 unspecified atom stereocenters. The van der Waals surface area contributed by atoms with Crippen LogP contribution < -0.4 is 10.6 Å². The van der Waals surface area contributed by atoms with Crippen molar-refractivity contribution < 1.29 is 9.21 Å². The summed E-state index contributed by atoms with van der Waals surface area (Å²) in [6, 6.07) is 11.1. The number of carbonyl (C=O) groups excluding carboxylic acids is 1. The molecule has 0 spiro atoms. The predicted molar refractivity (Wildman–Crippen MR) is 78.2 cm³/mol. The maximum Gasteiger partial charge on any atom is 0.294 e. The largest absolute Gasteiger partial charge is 0.440 e. The molecular weight excluding hydrogens is 276 g/mol. The van der Waals surface area contributed by atoms with Gasteiger partial charge in [0, 0.05) is 18.2 Å². The molecule has 20 heavy (non-hydrogen) atoms. The molecule has 0 saturated carbocycles. The Balaban J connectivity index is 1.93. The SMILES string of the molecule is NCCC1CN(C(=O)c2ccc(Cl)o2)c2ccccc21. The van der Waals surface area contributed by atoms with Gasteiger partial charge in [0.05, 0.1) is 0 Å². The van der Waals surface area contributed by atoms with Crippen LogP contribution in [0.5, 0.6) is 0 Å². The van der Waals surface area contributed by atoms with E-state index in [9.17, 15) is 4.79 Å². The number of para-hydroxylation sites is 1. The Morgan fingerprint density at radius 1 is 1.35 bits per heavy atom. The van der Waals surface area contributed by atoms with Gasteiger partial charge in [0.2, 0.25) is 0 Å². The van der Waals surface area contributed by atoms with Crippen LogP contribution in [0.2, 0.25) is 5.22 Å². The van der Waals surface area contributed by atoms with Gasteiger partial charge >= 0.3 is 0 Å². The molecule has 3 rings (SSSR count). The van der Waals surface area contributed by atoms with Crippen molar-refractivity contribution in [2.24, 2.45) is 5.73 Å². The molecule has 0 bridgehead atoms. The Morgan fingerprint density at radius 2 is 2.15 bits per heavy atom. The van der Waals surface area contributed by atoms with Gasteiger partial charge in [0.25, 0.3) is 5.91 Å². The molecule has 5 heteroatoms. The minimum atomic E-state index is -0.163. The Kier molecular flexibility index (Phi) is 3.51. The first kappa shape index (κ1) is 13.2. The number of hydrogen-bond donors (Lipinski definition) is 1. The average Bonchev–Trinajstić information content (AvgIpc) is 3.04. The second-order valence-electron chi connectivity index (χ2n) is 4.85. The Bertz CT molecular complexity index is 638. The van der Waals surface area contributed by atoms with Crippen molar-refractivity contribution in [2.75, 3.05) is 18.0 Å². The first-order chi connectivity index (χ1) is 9.70. The summed E-state index contributed by atoms with van der Waals surface area (Å²) in [5.74, 6) is 0.382. The van der Waals surface area contributed by atoms with Crippen molar-refractivity contribution in [1.29, 1.82) is 0 Å². The number of anilines is 1. The molecule has 1 aromatic heterocycles. The molecule has 0 radical (unpaired) electrons. The van der Waals surface area contributed by atoms with E-state index < -0.39 is 0 Å². The van der Waals surface area contributed by atoms with E-state index >= 15 is 0 Å². The number of hydrogen-bond acceptors (Lipinski definition) is 3. The summed E-state index contributed by atoms with van der Waals surface area (Å²) in [6.07, 6.45) is 0.861. The Morgan fingerprint density at radius 3 is 2.85 bits per heavy atom. The van der Waals surface area contributed by atoms with Gasteiger partial charge in [-0.25, -0.2) is 0 Å². The van der Waals surface area contributed by atoms with Crippen LogP contribution in [0.15, 0.2) is 40.8 Å². The predicted octanol–water partition coefficient (Wildman–Crippen LogP) is 3.03. The first-order valence-electron chi connectivity index (χ1n) is 6.57. The standard InChI is InChI=1S/C15H15ClN2O2/c16-14-6-5-13(20-14)15(19)18-9-10(7-8-17)11-3-1-2-4-12(11)18/h1-6,10H,7-9,17H2. The fraction of sp³-hybridized carbons (Fsp3) is 0.267. The summed E-state index contributed by atoms with van der Waals surface area (Å²) in [7, 11) is 0. The zero-order chi connectivity index (χ0) is 14.1. The van der Waals surface area contributed by atoms with Crippen LogP contribution >= 0.6 is 11.6 Å². The zero-order valence-electron chi connectivity index (χ0n) is 10.9. The average molecular weight is 291 g/mol. The number of rotatable bonds is 3. The molecule has 2 aromatic rings. The van der Waals surface area contributed by atoms with Gasteiger partial charge < -0.3 is 15.1 Å². The molecule has 0 saturated heterocycles. The number of carbonyl (C=O) groups is 1. The molecule has 1 atom stereocenters. The van der Waals surface area contributed by atoms with Gasteiger partial charge in [-0.1, -0.05) is 18.2 Å². The third-order valence-corrected chi connectivity index (χ3v) is 3.82. The highest BCUT2D eigenvalue weighted by Gasteiger charge is 2.33. The summed E-state index contributed by atoms with van der Waals surface area (Å²) >= 11 is 5.74. The van der Waals surface area contributed by atoms with Crippen LogP contribution in [0.1, 0.15) is 28.5 Å². The normalized spacial score (nSPS) is 17.3. The van der Waals surface area contributed by atoms with Crippen molar-refractivity contribution in [1.82, 2.24) is 0 Å². The highest BCUT2D eigenvalue weighted by molar-refractivity contribution is 6.29. The minimum absolute atomic E-state index is 0.163. The van der Waals surface area contributed by atoms with Crippen LogP contribution in [0.4, 0.5) is 5.69 Å². The van der Waals surface area contributed by atoms with E-state index in [2.05, 4.69) is 6.07 Å². The van der Waals surface area contributed by atoms with Crippen LogP contribution in [0, 0.1) is 0 Å². The van der Waals surface area contributed by atoms with E-state index in [4.69, 9.17) is 21.8 Å². The van der Waals surface area contributed by atoms with Crippen molar-refractivity contribution in [3.63, 3.8) is 0 Å². The topological polar surface area (TPSA) is 59.5 Å². The maximum absolute atomic E-state index is 12.5. The highest BCUT2D eigenvalue weighted by atomic mass is 35.5. The van der Waals surface area contributed by atoms with Crippen molar-refractivity contribution in [3.8, 4) is 0 Å². The van der Waals surface area contributed by atoms with Gasteiger partial charge in [-0.2, -0.15) is 0 Å². The van der Waals surface area contributed by atoms with E-state index in [0.29, 0.717) is 13.1 Å². The van der Waals surface area contributed by atoms with E-state index in [-0.39, 0.29) is 22.8 Å². The summed E-state index contributed by atoms with van der Waals surface area (Å²) in [5, 5.41) is 0.222. The number of nitrogens with two attached hydrogens (primary N) is 1. The zero-order valence-corrected chi connectivity index (χ0v) is 11.6. The molecule has 0 aliphatic carbocycles. The summed E-state index contributed by atoms with van der Waals surface area (Å²) in [4.78, 5) is 14.3. The van der Waals surface area contributed by atoms with Crippen LogP contribution in [-0.4, -0.2) is 19.0 Å². The van der Waals surface area contributed by atoms with E-state index in [1.165, 1.54) is 5.56 Å². The molecule has 104 valence electrons. The molecule has 2 N–H and O–H groups in total. The number of benzene rings is 1. The minimum Gasteiger partial charge on any atom is -0.440 e. The lowest BCUT2D eigenvalue weighted by molar-refractivity contribution is 0.0961. The lowest BCUT2D eigenvalue weighted by Gasteiger charge is -2.16. The molecule has 1 aromatic carbocycles. The summed E-state index contributed by atoms with van der Waals surface area (Å²) < 4.78 is 5.22. The van der Waals surface area contributed by atoms with Gasteiger partial charge in [-0.05, 0) is 48.3 Å². The molecule has 0 fully saturated rings. The molecular formula is C15H15ClN2O2. The first-order valence-corrected chi connectivity index (χ1v) is 6.94. The fourth-order valence-electron chi connectivity index (χ4n) is 2.70. The fourth-order valence-corrected chi connectivity index (χ4v) is 2.84. The Hall–Kier alpha value is -1.78. The Labute approximate surface area is 122 Å². The molecule has 1 aliphatic rings. The lowest BCUT2D eigenvalue weighted by Crippen LogP contribution is -2.29. The lowest BCUT2D eigenvalue weighted by atomic mass is 9.98. The quantitative estimate of drug-likeness (QED) is 0.945. The molecule has 1 amide bonds. The van der Waals surface area contributed by atoms with Crippen LogP contribution in [0.3, 0.4) is 0 Å². The summed E-state index contributed by atoms with van der Waals surface area (Å²) in [6.45, 7) is 1.24. The molecule has 2 heterocycles. The van der Waals surface area contributed by atoms with Gasteiger partial charge in [-0.3, -0.25) is 4.79 Å². The van der Waals surface area contributed by atoms with Crippen LogP contribution in [0.25, 0.3) is 0 Å². The van der Waals surface area contributed by atoms with E-state index in [1.54, 1.807) is 17.0 Å². The van der Waals surface area contributed by atoms with E-state index in [1.807, 2.05) is 18.2 Å². The smallest absolute Gasteiger partial charge is 0.294 e. The van der Waals surface area contributed by atoms with Crippen molar-refractivity contribution in [3.05, 3.63) is 52.9 Å². The van der Waals surface area contributed by atoms with Gasteiger partial charge in [0.15, 0.2) is 11.0 Å².